The maximum absolute atomic E-state index is 11.8. The van der Waals surface area contributed by atoms with E-state index >= 15 is 0 Å². The van der Waals surface area contributed by atoms with Crippen LogP contribution in [0.1, 0.15) is 12.0 Å². The first-order valence-electron chi connectivity index (χ1n) is 6.78. The summed E-state index contributed by atoms with van der Waals surface area (Å²) < 4.78 is 7.19. The first kappa shape index (κ1) is 14.2. The highest BCUT2D eigenvalue weighted by Gasteiger charge is 2.03. The lowest BCUT2D eigenvalue weighted by atomic mass is 10.1. The molecule has 4 heteroatoms. The lowest BCUT2D eigenvalue weighted by Gasteiger charge is -2.07. The molecule has 2 rings (SSSR count). The summed E-state index contributed by atoms with van der Waals surface area (Å²) in [6, 6.07) is 11.6. The summed E-state index contributed by atoms with van der Waals surface area (Å²) in [5, 5.41) is 2.94. The maximum atomic E-state index is 11.8. The van der Waals surface area contributed by atoms with E-state index < -0.39 is 0 Å². The summed E-state index contributed by atoms with van der Waals surface area (Å²) in [7, 11) is 1.63. The third-order valence-corrected chi connectivity index (χ3v) is 3.11. The van der Waals surface area contributed by atoms with Crippen LogP contribution in [0.2, 0.25) is 0 Å². The fraction of sp³-hybridized carbons (Fsp3) is 0.312. The molecule has 1 aromatic carbocycles. The van der Waals surface area contributed by atoms with Gasteiger partial charge < -0.3 is 14.6 Å². The number of amides is 1. The van der Waals surface area contributed by atoms with E-state index in [9.17, 15) is 4.79 Å². The molecule has 2 aromatic rings. The molecule has 0 bridgehead atoms. The van der Waals surface area contributed by atoms with Gasteiger partial charge in [-0.25, -0.2) is 0 Å². The maximum Gasteiger partial charge on any atom is 0.224 e. The number of hydrogen-bond acceptors (Lipinski definition) is 2. The number of rotatable bonds is 7. The van der Waals surface area contributed by atoms with Crippen molar-refractivity contribution in [1.29, 1.82) is 0 Å². The van der Waals surface area contributed by atoms with Gasteiger partial charge in [0.1, 0.15) is 5.75 Å². The van der Waals surface area contributed by atoms with Crippen LogP contribution in [0.15, 0.2) is 48.8 Å². The van der Waals surface area contributed by atoms with Crippen LogP contribution in [0.5, 0.6) is 5.75 Å². The van der Waals surface area contributed by atoms with E-state index in [1.807, 2.05) is 48.8 Å². The second-order valence-corrected chi connectivity index (χ2v) is 4.65. The third-order valence-electron chi connectivity index (χ3n) is 3.11. The lowest BCUT2D eigenvalue weighted by molar-refractivity contribution is -0.120. The number of hydrogen-bond donors (Lipinski definition) is 1. The normalized spacial score (nSPS) is 10.2. The zero-order valence-electron chi connectivity index (χ0n) is 11.7. The predicted molar refractivity (Wildman–Crippen MR) is 78.8 cm³/mol. The minimum Gasteiger partial charge on any atom is -0.497 e. The number of ether oxygens (including phenoxy) is 1. The topological polar surface area (TPSA) is 43.3 Å². The van der Waals surface area contributed by atoms with E-state index in [2.05, 4.69) is 9.88 Å². The lowest BCUT2D eigenvalue weighted by Crippen LogP contribution is -2.26. The van der Waals surface area contributed by atoms with Crippen molar-refractivity contribution in [3.63, 3.8) is 0 Å². The summed E-state index contributed by atoms with van der Waals surface area (Å²) in [6.07, 6.45) is 5.40. The molecule has 20 heavy (non-hydrogen) atoms. The standard InChI is InChI=1S/C16H20N2O2/c1-20-15-7-5-14(6-8-15)13-16(19)17-9-4-12-18-10-2-3-11-18/h2-3,5-8,10-11H,4,9,12-13H2,1H3,(H,17,19). The van der Waals surface area contributed by atoms with Crippen molar-refractivity contribution in [1.82, 2.24) is 9.88 Å². The molecule has 0 spiro atoms. The molecule has 1 aromatic heterocycles. The highest BCUT2D eigenvalue weighted by atomic mass is 16.5. The molecule has 4 nitrogen and oxygen atoms in total. The molecule has 0 saturated heterocycles. The van der Waals surface area contributed by atoms with Gasteiger partial charge in [-0.2, -0.15) is 0 Å². The number of aryl methyl sites for hydroxylation is 1. The number of carbonyl (C=O) groups is 1. The molecule has 0 aliphatic rings. The Morgan fingerprint density at radius 3 is 2.55 bits per heavy atom. The van der Waals surface area contributed by atoms with E-state index in [1.54, 1.807) is 7.11 Å². The van der Waals surface area contributed by atoms with Gasteiger partial charge in [-0.3, -0.25) is 4.79 Å². The van der Waals surface area contributed by atoms with Gasteiger partial charge in [-0.1, -0.05) is 12.1 Å². The fourth-order valence-electron chi connectivity index (χ4n) is 2.00. The molecule has 1 heterocycles. The Bertz CT molecular complexity index is 518. The van der Waals surface area contributed by atoms with Crippen LogP contribution in [0.4, 0.5) is 0 Å². The molecule has 0 atom stereocenters. The molecule has 1 amide bonds. The number of carbonyl (C=O) groups excluding carboxylic acids is 1. The monoisotopic (exact) mass is 272 g/mol. The number of nitrogens with one attached hydrogen (secondary N) is 1. The number of methoxy groups -OCH3 is 1. The highest BCUT2D eigenvalue weighted by Crippen LogP contribution is 2.11. The smallest absolute Gasteiger partial charge is 0.224 e. The van der Waals surface area contributed by atoms with Crippen molar-refractivity contribution in [3.8, 4) is 5.75 Å². The van der Waals surface area contributed by atoms with E-state index in [0.29, 0.717) is 13.0 Å². The van der Waals surface area contributed by atoms with Gasteiger partial charge in [0.05, 0.1) is 13.5 Å². The Labute approximate surface area is 119 Å². The van der Waals surface area contributed by atoms with Crippen molar-refractivity contribution in [2.75, 3.05) is 13.7 Å². The van der Waals surface area contributed by atoms with E-state index in [-0.39, 0.29) is 5.91 Å². The molecule has 0 aliphatic carbocycles. The molecule has 0 fully saturated rings. The second kappa shape index (κ2) is 7.38. The minimum absolute atomic E-state index is 0.0580. The molecule has 0 saturated carbocycles. The molecule has 0 aliphatic heterocycles. The Morgan fingerprint density at radius 1 is 1.20 bits per heavy atom. The largest absolute Gasteiger partial charge is 0.497 e. The Hall–Kier alpha value is -2.23. The van der Waals surface area contributed by atoms with Gasteiger partial charge in [-0.15, -0.1) is 0 Å². The summed E-state index contributed by atoms with van der Waals surface area (Å²) >= 11 is 0. The molecule has 0 radical (unpaired) electrons. The molecule has 0 unspecified atom stereocenters. The zero-order chi connectivity index (χ0) is 14.2. The van der Waals surface area contributed by atoms with Gasteiger partial charge in [0, 0.05) is 25.5 Å². The summed E-state index contributed by atoms with van der Waals surface area (Å²) in [6.45, 7) is 1.63. The quantitative estimate of drug-likeness (QED) is 0.786. The fourth-order valence-corrected chi connectivity index (χ4v) is 2.00. The van der Waals surface area contributed by atoms with Crippen LogP contribution in [0, 0.1) is 0 Å². The third kappa shape index (κ3) is 4.46. The number of aromatic nitrogens is 1. The molecule has 1 N–H and O–H groups in total. The Morgan fingerprint density at radius 2 is 1.90 bits per heavy atom. The minimum atomic E-state index is 0.0580. The van der Waals surface area contributed by atoms with Crippen LogP contribution in [0.3, 0.4) is 0 Å². The van der Waals surface area contributed by atoms with Crippen molar-refractivity contribution in [3.05, 3.63) is 54.4 Å². The average Bonchev–Trinajstić information content (AvgIpc) is 2.98. The highest BCUT2D eigenvalue weighted by molar-refractivity contribution is 5.78. The van der Waals surface area contributed by atoms with Crippen molar-refractivity contribution in [2.24, 2.45) is 0 Å². The van der Waals surface area contributed by atoms with Crippen LogP contribution in [0.25, 0.3) is 0 Å². The van der Waals surface area contributed by atoms with E-state index in [4.69, 9.17) is 4.74 Å². The summed E-state index contributed by atoms with van der Waals surface area (Å²) in [5.41, 5.74) is 0.994. The van der Waals surface area contributed by atoms with Gasteiger partial charge in [0.15, 0.2) is 0 Å². The zero-order valence-corrected chi connectivity index (χ0v) is 11.7. The van der Waals surface area contributed by atoms with Gasteiger partial charge in [0.25, 0.3) is 0 Å². The average molecular weight is 272 g/mol. The Kier molecular flexibility index (Phi) is 5.24. The van der Waals surface area contributed by atoms with Gasteiger partial charge in [0.2, 0.25) is 5.91 Å². The number of nitrogens with zero attached hydrogens (tertiary/aromatic N) is 1. The van der Waals surface area contributed by atoms with Crippen molar-refractivity contribution >= 4 is 5.91 Å². The van der Waals surface area contributed by atoms with Crippen molar-refractivity contribution in [2.45, 2.75) is 19.4 Å². The van der Waals surface area contributed by atoms with Gasteiger partial charge >= 0.3 is 0 Å². The summed E-state index contributed by atoms with van der Waals surface area (Å²) in [5.74, 6) is 0.864. The molecular weight excluding hydrogens is 252 g/mol. The summed E-state index contributed by atoms with van der Waals surface area (Å²) in [4.78, 5) is 11.8. The van der Waals surface area contributed by atoms with E-state index in [1.165, 1.54) is 0 Å². The molecule has 106 valence electrons. The predicted octanol–water partition coefficient (Wildman–Crippen LogP) is 2.25. The Balaban J connectivity index is 1.66. The van der Waals surface area contributed by atoms with Crippen LogP contribution in [-0.4, -0.2) is 24.1 Å². The van der Waals surface area contributed by atoms with Crippen LogP contribution < -0.4 is 10.1 Å². The first-order chi connectivity index (χ1) is 9.78. The van der Waals surface area contributed by atoms with Crippen molar-refractivity contribution < 1.29 is 9.53 Å². The second-order valence-electron chi connectivity index (χ2n) is 4.65. The van der Waals surface area contributed by atoms with E-state index in [0.717, 1.165) is 24.3 Å². The first-order valence-corrected chi connectivity index (χ1v) is 6.78. The van der Waals surface area contributed by atoms with Crippen LogP contribution in [-0.2, 0) is 17.8 Å². The van der Waals surface area contributed by atoms with Crippen LogP contribution >= 0.6 is 0 Å². The molecular formula is C16H20N2O2. The van der Waals surface area contributed by atoms with Gasteiger partial charge in [-0.05, 0) is 36.2 Å². The SMILES string of the molecule is COc1ccc(CC(=O)NCCCn2cccc2)cc1. The number of benzene rings is 1.